The first kappa shape index (κ1) is 13.9. The fourth-order valence-electron chi connectivity index (χ4n) is 3.03. The summed E-state index contributed by atoms with van der Waals surface area (Å²) < 4.78 is 5.30. The van der Waals surface area contributed by atoms with Crippen molar-refractivity contribution in [3.8, 4) is 0 Å². The van der Waals surface area contributed by atoms with Gasteiger partial charge in [-0.1, -0.05) is 29.8 Å². The number of likely N-dealkylation sites (tertiary alicyclic amines) is 1. The van der Waals surface area contributed by atoms with Crippen LogP contribution in [0.5, 0.6) is 0 Å². The van der Waals surface area contributed by atoms with Gasteiger partial charge < -0.3 is 9.32 Å². The van der Waals surface area contributed by atoms with Gasteiger partial charge in [-0.25, -0.2) is 0 Å². The Bertz CT molecular complexity index is 586. The molecule has 1 aromatic carbocycles. The molecule has 0 unspecified atom stereocenters. The topological polar surface area (TPSA) is 33.5 Å². The van der Waals surface area contributed by atoms with Gasteiger partial charge in [0.05, 0.1) is 12.3 Å². The van der Waals surface area contributed by atoms with E-state index in [4.69, 9.17) is 4.42 Å². The minimum Gasteiger partial charge on any atom is -0.469 e. The smallest absolute Gasteiger partial charge is 0.223 e. The van der Waals surface area contributed by atoms with Crippen LogP contribution in [0.4, 0.5) is 0 Å². The molecule has 21 heavy (non-hydrogen) atoms. The van der Waals surface area contributed by atoms with Crippen molar-refractivity contribution in [2.75, 3.05) is 6.54 Å². The van der Waals surface area contributed by atoms with E-state index in [0.717, 1.165) is 25.1 Å². The van der Waals surface area contributed by atoms with E-state index in [1.54, 1.807) is 6.26 Å². The number of amides is 1. The standard InChI is InChI=1S/C18H21NO2/c1-14-6-8-15(9-7-14)17-5-2-12-19(17)18(20)11-10-16-4-3-13-21-16/h3-4,6-9,13,17H,2,5,10-12H2,1H3/t17-/m1/s1. The Labute approximate surface area is 125 Å². The molecule has 3 rings (SSSR count). The molecule has 1 fully saturated rings. The lowest BCUT2D eigenvalue weighted by molar-refractivity contribution is -0.132. The third-order valence-corrected chi connectivity index (χ3v) is 4.20. The van der Waals surface area contributed by atoms with E-state index in [0.29, 0.717) is 12.8 Å². The zero-order valence-electron chi connectivity index (χ0n) is 12.4. The molecule has 3 heteroatoms. The zero-order valence-corrected chi connectivity index (χ0v) is 12.4. The molecule has 1 amide bonds. The normalized spacial score (nSPS) is 18.1. The Kier molecular flexibility index (Phi) is 4.09. The maximum absolute atomic E-state index is 12.5. The van der Waals surface area contributed by atoms with Gasteiger partial charge in [0.15, 0.2) is 0 Å². The maximum Gasteiger partial charge on any atom is 0.223 e. The highest BCUT2D eigenvalue weighted by atomic mass is 16.3. The Morgan fingerprint density at radius 2 is 2.10 bits per heavy atom. The van der Waals surface area contributed by atoms with Gasteiger partial charge in [-0.2, -0.15) is 0 Å². The van der Waals surface area contributed by atoms with Gasteiger partial charge in [-0.3, -0.25) is 4.79 Å². The lowest BCUT2D eigenvalue weighted by Crippen LogP contribution is -2.30. The van der Waals surface area contributed by atoms with Crippen molar-refractivity contribution in [1.29, 1.82) is 0 Å². The van der Waals surface area contributed by atoms with Crippen molar-refractivity contribution in [2.24, 2.45) is 0 Å². The Morgan fingerprint density at radius 1 is 1.29 bits per heavy atom. The second kappa shape index (κ2) is 6.17. The minimum atomic E-state index is 0.231. The summed E-state index contributed by atoms with van der Waals surface area (Å²) in [5, 5.41) is 0. The molecule has 2 heterocycles. The number of furan rings is 1. The van der Waals surface area contributed by atoms with Crippen LogP contribution in [0, 0.1) is 6.92 Å². The number of hydrogen-bond acceptors (Lipinski definition) is 2. The highest BCUT2D eigenvalue weighted by molar-refractivity contribution is 5.77. The molecule has 0 bridgehead atoms. The number of hydrogen-bond donors (Lipinski definition) is 0. The molecule has 3 nitrogen and oxygen atoms in total. The van der Waals surface area contributed by atoms with E-state index < -0.39 is 0 Å². The molecular weight excluding hydrogens is 262 g/mol. The zero-order chi connectivity index (χ0) is 14.7. The summed E-state index contributed by atoms with van der Waals surface area (Å²) in [5.74, 6) is 1.11. The van der Waals surface area contributed by atoms with Gasteiger partial charge in [-0.15, -0.1) is 0 Å². The molecule has 110 valence electrons. The molecule has 0 radical (unpaired) electrons. The molecule has 1 atom stereocenters. The summed E-state index contributed by atoms with van der Waals surface area (Å²) in [6, 6.07) is 12.6. The van der Waals surface area contributed by atoms with Gasteiger partial charge in [-0.05, 0) is 37.5 Å². The van der Waals surface area contributed by atoms with Gasteiger partial charge in [0.25, 0.3) is 0 Å². The van der Waals surface area contributed by atoms with Crippen LogP contribution >= 0.6 is 0 Å². The van der Waals surface area contributed by atoms with Gasteiger partial charge in [0.2, 0.25) is 5.91 Å². The molecule has 1 aliphatic heterocycles. The molecule has 0 spiro atoms. The van der Waals surface area contributed by atoms with Crippen LogP contribution < -0.4 is 0 Å². The van der Waals surface area contributed by atoms with E-state index in [-0.39, 0.29) is 11.9 Å². The first-order valence-electron chi connectivity index (χ1n) is 7.62. The predicted octanol–water partition coefficient (Wildman–Crippen LogP) is 3.88. The van der Waals surface area contributed by atoms with Crippen LogP contribution in [-0.2, 0) is 11.2 Å². The lowest BCUT2D eigenvalue weighted by Gasteiger charge is -2.25. The van der Waals surface area contributed by atoms with Crippen molar-refractivity contribution >= 4 is 5.91 Å². The van der Waals surface area contributed by atoms with Crippen molar-refractivity contribution in [2.45, 2.75) is 38.6 Å². The maximum atomic E-state index is 12.5. The van der Waals surface area contributed by atoms with Gasteiger partial charge in [0, 0.05) is 19.4 Å². The molecule has 0 N–H and O–H groups in total. The van der Waals surface area contributed by atoms with Crippen molar-refractivity contribution in [3.05, 3.63) is 59.5 Å². The summed E-state index contributed by atoms with van der Waals surface area (Å²) in [5.41, 5.74) is 2.51. The van der Waals surface area contributed by atoms with E-state index in [9.17, 15) is 4.79 Å². The van der Waals surface area contributed by atoms with Crippen LogP contribution in [0.2, 0.25) is 0 Å². The van der Waals surface area contributed by atoms with Crippen molar-refractivity contribution in [1.82, 2.24) is 4.90 Å². The highest BCUT2D eigenvalue weighted by Crippen LogP contribution is 2.32. The summed E-state index contributed by atoms with van der Waals surface area (Å²) in [6.07, 6.45) is 5.02. The Morgan fingerprint density at radius 3 is 2.81 bits per heavy atom. The van der Waals surface area contributed by atoms with Crippen LogP contribution in [0.3, 0.4) is 0 Å². The van der Waals surface area contributed by atoms with E-state index in [1.807, 2.05) is 17.0 Å². The molecular formula is C18H21NO2. The SMILES string of the molecule is Cc1ccc([C@H]2CCCN2C(=O)CCc2ccco2)cc1. The number of carbonyl (C=O) groups excluding carboxylic acids is 1. The van der Waals surface area contributed by atoms with E-state index in [1.165, 1.54) is 11.1 Å². The molecule has 1 aromatic heterocycles. The number of aryl methyl sites for hydroxylation is 2. The first-order chi connectivity index (χ1) is 10.2. The fourth-order valence-corrected chi connectivity index (χ4v) is 3.03. The summed E-state index contributed by atoms with van der Waals surface area (Å²) in [6.45, 7) is 2.96. The molecule has 1 aliphatic rings. The number of rotatable bonds is 4. The van der Waals surface area contributed by atoms with E-state index in [2.05, 4.69) is 31.2 Å². The monoisotopic (exact) mass is 283 g/mol. The quantitative estimate of drug-likeness (QED) is 0.853. The van der Waals surface area contributed by atoms with Crippen LogP contribution in [0.15, 0.2) is 47.1 Å². The van der Waals surface area contributed by atoms with Crippen LogP contribution in [-0.4, -0.2) is 17.4 Å². The number of benzene rings is 1. The molecule has 0 aliphatic carbocycles. The Hall–Kier alpha value is -2.03. The molecule has 1 saturated heterocycles. The van der Waals surface area contributed by atoms with Crippen LogP contribution in [0.25, 0.3) is 0 Å². The second-order valence-electron chi connectivity index (χ2n) is 5.74. The van der Waals surface area contributed by atoms with Crippen molar-refractivity contribution in [3.63, 3.8) is 0 Å². The molecule has 2 aromatic rings. The summed E-state index contributed by atoms with van der Waals surface area (Å²) >= 11 is 0. The minimum absolute atomic E-state index is 0.231. The van der Waals surface area contributed by atoms with E-state index >= 15 is 0 Å². The molecule has 0 saturated carbocycles. The first-order valence-corrected chi connectivity index (χ1v) is 7.62. The van der Waals surface area contributed by atoms with Gasteiger partial charge in [0.1, 0.15) is 5.76 Å². The third-order valence-electron chi connectivity index (χ3n) is 4.20. The average molecular weight is 283 g/mol. The average Bonchev–Trinajstić information content (AvgIpc) is 3.17. The number of nitrogens with zero attached hydrogens (tertiary/aromatic N) is 1. The highest BCUT2D eigenvalue weighted by Gasteiger charge is 2.29. The van der Waals surface area contributed by atoms with Gasteiger partial charge >= 0.3 is 0 Å². The fraction of sp³-hybridized carbons (Fsp3) is 0.389. The summed E-state index contributed by atoms with van der Waals surface area (Å²) in [4.78, 5) is 14.5. The Balaban J connectivity index is 1.65. The predicted molar refractivity (Wildman–Crippen MR) is 81.9 cm³/mol. The third kappa shape index (κ3) is 3.18. The van der Waals surface area contributed by atoms with Crippen LogP contribution in [0.1, 0.15) is 42.2 Å². The summed E-state index contributed by atoms with van der Waals surface area (Å²) in [7, 11) is 0. The second-order valence-corrected chi connectivity index (χ2v) is 5.74. The number of carbonyl (C=O) groups is 1. The van der Waals surface area contributed by atoms with Crippen molar-refractivity contribution < 1.29 is 9.21 Å². The largest absolute Gasteiger partial charge is 0.469 e. The lowest BCUT2D eigenvalue weighted by atomic mass is 10.0.